The molecule has 2 aromatic carbocycles. The average Bonchev–Trinajstić information content (AvgIpc) is 3.21. The predicted molar refractivity (Wildman–Crippen MR) is 124 cm³/mol. The van der Waals surface area contributed by atoms with E-state index in [-0.39, 0.29) is 5.84 Å². The Labute approximate surface area is 189 Å². The van der Waals surface area contributed by atoms with Gasteiger partial charge in [0.25, 0.3) is 0 Å². The highest BCUT2D eigenvalue weighted by Gasteiger charge is 2.17. The van der Waals surface area contributed by atoms with Crippen molar-refractivity contribution in [3.8, 4) is 28.4 Å². The highest BCUT2D eigenvalue weighted by atomic mass is 35.5. The number of amidine groups is 1. The number of imidazole rings is 1. The Hall–Kier alpha value is -4.04. The number of aromatic nitrogens is 3. The van der Waals surface area contributed by atoms with Gasteiger partial charge in [-0.2, -0.15) is 5.53 Å². The topological polar surface area (TPSA) is 115 Å². The Balaban J connectivity index is 1.70. The predicted octanol–water partition coefficient (Wildman–Crippen LogP) is 5.03. The molecule has 0 radical (unpaired) electrons. The van der Waals surface area contributed by atoms with Crippen LogP contribution in [0.15, 0.2) is 83.5 Å². The van der Waals surface area contributed by atoms with Crippen molar-refractivity contribution in [2.75, 3.05) is 0 Å². The highest BCUT2D eigenvalue weighted by Crippen LogP contribution is 2.35. The molecule has 9 heteroatoms. The molecule has 0 aliphatic carbocycles. The molecule has 4 rings (SSSR count). The second-order valence-corrected chi connectivity index (χ2v) is 7.39. The third-order valence-electron chi connectivity index (χ3n) is 4.83. The van der Waals surface area contributed by atoms with Gasteiger partial charge in [0.2, 0.25) is 0 Å². The van der Waals surface area contributed by atoms with Crippen LogP contribution < -0.4 is 10.5 Å². The van der Waals surface area contributed by atoms with E-state index in [9.17, 15) is 0 Å². The summed E-state index contributed by atoms with van der Waals surface area (Å²) in [7, 11) is 1.91. The minimum Gasteiger partial charge on any atom is -0.487 e. The molecule has 2 heterocycles. The van der Waals surface area contributed by atoms with Crippen LogP contribution in [0.2, 0.25) is 5.02 Å². The van der Waals surface area contributed by atoms with Crippen LogP contribution in [0.25, 0.3) is 22.6 Å². The van der Waals surface area contributed by atoms with E-state index in [2.05, 4.69) is 20.3 Å². The fraction of sp³-hybridized carbons (Fsp3) is 0.0870. The molecule has 0 saturated heterocycles. The van der Waals surface area contributed by atoms with Crippen LogP contribution in [-0.4, -0.2) is 20.4 Å². The lowest BCUT2D eigenvalue weighted by Crippen LogP contribution is -2.12. The Bertz CT molecular complexity index is 1280. The summed E-state index contributed by atoms with van der Waals surface area (Å²) >= 11 is 6.39. The maximum absolute atomic E-state index is 6.88. The van der Waals surface area contributed by atoms with E-state index in [0.29, 0.717) is 34.3 Å². The number of benzene rings is 2. The van der Waals surface area contributed by atoms with Gasteiger partial charge < -0.3 is 15.0 Å². The number of hydrogen-bond donors (Lipinski definition) is 2. The van der Waals surface area contributed by atoms with Gasteiger partial charge in [0.15, 0.2) is 5.84 Å². The zero-order chi connectivity index (χ0) is 22.5. The molecular formula is C23H20ClN7O. The van der Waals surface area contributed by atoms with Crippen LogP contribution in [0, 0.1) is 5.53 Å². The van der Waals surface area contributed by atoms with Crippen molar-refractivity contribution < 1.29 is 4.74 Å². The van der Waals surface area contributed by atoms with E-state index in [1.807, 2.05) is 54.1 Å². The van der Waals surface area contributed by atoms with E-state index in [4.69, 9.17) is 27.6 Å². The number of aryl methyl sites for hydroxylation is 1. The normalized spacial score (nSPS) is 11.4. The molecule has 8 nitrogen and oxygen atoms in total. The molecular weight excluding hydrogens is 426 g/mol. The molecule has 0 atom stereocenters. The van der Waals surface area contributed by atoms with E-state index < -0.39 is 0 Å². The van der Waals surface area contributed by atoms with Crippen LogP contribution in [0.1, 0.15) is 11.1 Å². The molecule has 2 aromatic heterocycles. The molecule has 0 aliphatic heterocycles. The fourth-order valence-electron chi connectivity index (χ4n) is 3.29. The van der Waals surface area contributed by atoms with Gasteiger partial charge in [-0.1, -0.05) is 53.2 Å². The quantitative estimate of drug-likeness (QED) is 0.179. The van der Waals surface area contributed by atoms with Crippen molar-refractivity contribution in [3.05, 3.63) is 89.3 Å². The van der Waals surface area contributed by atoms with Crippen LogP contribution in [-0.2, 0) is 13.7 Å². The maximum atomic E-state index is 6.88. The Kier molecular flexibility index (Phi) is 6.23. The molecule has 0 amide bonds. The van der Waals surface area contributed by atoms with Gasteiger partial charge in [-0.3, -0.25) is 4.98 Å². The van der Waals surface area contributed by atoms with Gasteiger partial charge in [0.1, 0.15) is 18.1 Å². The number of pyridine rings is 1. The second-order valence-electron chi connectivity index (χ2n) is 6.99. The Morgan fingerprint density at radius 3 is 2.72 bits per heavy atom. The summed E-state index contributed by atoms with van der Waals surface area (Å²) < 4.78 is 7.89. The molecule has 32 heavy (non-hydrogen) atoms. The van der Waals surface area contributed by atoms with Gasteiger partial charge in [0.05, 0.1) is 22.7 Å². The van der Waals surface area contributed by atoms with Gasteiger partial charge in [-0.15, -0.1) is 5.10 Å². The average molecular weight is 446 g/mol. The molecule has 3 N–H and O–H groups in total. The molecule has 0 bridgehead atoms. The highest BCUT2D eigenvalue weighted by molar-refractivity contribution is 6.32. The molecule has 4 aromatic rings. The molecule has 0 spiro atoms. The first-order chi connectivity index (χ1) is 15.6. The van der Waals surface area contributed by atoms with Gasteiger partial charge in [0, 0.05) is 24.4 Å². The van der Waals surface area contributed by atoms with E-state index in [1.165, 1.54) is 0 Å². The number of ether oxygens (including phenoxy) is 1. The number of nitrogens with zero attached hydrogens (tertiary/aromatic N) is 5. The zero-order valence-corrected chi connectivity index (χ0v) is 18.0. The molecule has 160 valence electrons. The lowest BCUT2D eigenvalue weighted by molar-refractivity contribution is 0.306. The zero-order valence-electron chi connectivity index (χ0n) is 17.2. The molecule has 0 fully saturated rings. The van der Waals surface area contributed by atoms with Gasteiger partial charge in [-0.05, 0) is 29.8 Å². The second kappa shape index (κ2) is 9.40. The van der Waals surface area contributed by atoms with E-state index in [1.54, 1.807) is 30.7 Å². The largest absolute Gasteiger partial charge is 0.487 e. The third kappa shape index (κ3) is 4.50. The minimum atomic E-state index is 0.129. The minimum absolute atomic E-state index is 0.129. The van der Waals surface area contributed by atoms with Crippen LogP contribution in [0.5, 0.6) is 5.75 Å². The molecule has 0 saturated carbocycles. The lowest BCUT2D eigenvalue weighted by atomic mass is 10.1. The smallest absolute Gasteiger partial charge is 0.155 e. The standard InChI is InChI=1S/C23H20ClN7O/c1-31-14-28-21(19-11-17(9-10-27-19)23(25)29-30-26)22(31)16-7-8-18(24)20(12-16)32-13-15-5-3-2-4-6-15/h2-12,14H,13H2,1H3,(H3,25,26,29). The fourth-order valence-corrected chi connectivity index (χ4v) is 3.46. The van der Waals surface area contributed by atoms with E-state index >= 15 is 0 Å². The van der Waals surface area contributed by atoms with Gasteiger partial charge in [-0.25, -0.2) is 4.98 Å². The first-order valence-corrected chi connectivity index (χ1v) is 10.1. The number of rotatable bonds is 7. The first kappa shape index (κ1) is 21.2. The monoisotopic (exact) mass is 445 g/mol. The number of nitrogens with one attached hydrogen (secondary N) is 1. The molecule has 0 unspecified atom stereocenters. The summed E-state index contributed by atoms with van der Waals surface area (Å²) in [6.07, 6.45) is 3.33. The number of halogens is 1. The summed E-state index contributed by atoms with van der Waals surface area (Å²) in [5.74, 6) is 0.708. The van der Waals surface area contributed by atoms with Crippen LogP contribution in [0.3, 0.4) is 0 Å². The number of nitrogens with two attached hydrogens (primary N) is 1. The summed E-state index contributed by atoms with van der Waals surface area (Å²) in [6, 6.07) is 19.0. The van der Waals surface area contributed by atoms with Crippen molar-refractivity contribution in [2.24, 2.45) is 23.1 Å². The summed E-state index contributed by atoms with van der Waals surface area (Å²) in [4.78, 5) is 8.99. The van der Waals surface area contributed by atoms with Crippen molar-refractivity contribution in [1.29, 1.82) is 5.53 Å². The third-order valence-corrected chi connectivity index (χ3v) is 5.15. The van der Waals surface area contributed by atoms with Gasteiger partial charge >= 0.3 is 0 Å². The van der Waals surface area contributed by atoms with Crippen LogP contribution in [0.4, 0.5) is 0 Å². The number of hydrogen-bond acceptors (Lipinski definition) is 5. The van der Waals surface area contributed by atoms with Crippen molar-refractivity contribution >= 4 is 17.4 Å². The van der Waals surface area contributed by atoms with Crippen molar-refractivity contribution in [3.63, 3.8) is 0 Å². The van der Waals surface area contributed by atoms with Crippen molar-refractivity contribution in [1.82, 2.24) is 14.5 Å². The van der Waals surface area contributed by atoms with E-state index in [0.717, 1.165) is 16.8 Å². The first-order valence-electron chi connectivity index (χ1n) is 9.71. The molecule has 0 aliphatic rings. The van der Waals surface area contributed by atoms with Crippen LogP contribution >= 0.6 is 11.6 Å². The lowest BCUT2D eigenvalue weighted by Gasteiger charge is -2.12. The summed E-state index contributed by atoms with van der Waals surface area (Å²) in [6.45, 7) is 0.408. The summed E-state index contributed by atoms with van der Waals surface area (Å²) in [5, 5.41) is 7.10. The summed E-state index contributed by atoms with van der Waals surface area (Å²) in [5.41, 5.74) is 17.4. The maximum Gasteiger partial charge on any atom is 0.155 e. The Morgan fingerprint density at radius 2 is 1.94 bits per heavy atom. The Morgan fingerprint density at radius 1 is 1.12 bits per heavy atom. The SMILES string of the molecule is Cn1cnc(-c2cc(C(N)=NN=N)ccn2)c1-c1ccc(Cl)c(OCc2ccccc2)c1. The van der Waals surface area contributed by atoms with Crippen molar-refractivity contribution in [2.45, 2.75) is 6.61 Å².